The summed E-state index contributed by atoms with van der Waals surface area (Å²) in [6.45, 7) is 5.24. The SMILES string of the molecule is COc1cc(C)c(S(=O)(=O)NCc2cccc(C(F)(F)F)c2)cc1C(C)C. The second-order valence-electron chi connectivity index (χ2n) is 6.54. The molecule has 0 fully saturated rings. The second kappa shape index (κ2) is 7.90. The van der Waals surface area contributed by atoms with Crippen molar-refractivity contribution in [3.63, 3.8) is 0 Å². The Morgan fingerprint density at radius 1 is 1.15 bits per heavy atom. The van der Waals surface area contributed by atoms with Crippen molar-refractivity contribution in [2.24, 2.45) is 0 Å². The van der Waals surface area contributed by atoms with E-state index in [2.05, 4.69) is 4.72 Å². The normalized spacial score (nSPS) is 12.4. The molecule has 8 heteroatoms. The first-order valence-corrected chi connectivity index (χ1v) is 9.78. The first-order chi connectivity index (χ1) is 12.5. The van der Waals surface area contributed by atoms with E-state index in [1.54, 1.807) is 19.1 Å². The van der Waals surface area contributed by atoms with E-state index in [0.717, 1.165) is 17.7 Å². The van der Waals surface area contributed by atoms with Gasteiger partial charge < -0.3 is 4.74 Å². The zero-order valence-electron chi connectivity index (χ0n) is 15.5. The summed E-state index contributed by atoms with van der Waals surface area (Å²) in [5.41, 5.74) is 0.640. The molecule has 0 aliphatic heterocycles. The lowest BCUT2D eigenvalue weighted by Crippen LogP contribution is -2.24. The molecule has 2 aromatic rings. The molecule has 0 atom stereocenters. The fourth-order valence-electron chi connectivity index (χ4n) is 2.71. The molecule has 0 spiro atoms. The van der Waals surface area contributed by atoms with Crippen LogP contribution in [-0.2, 0) is 22.7 Å². The number of nitrogens with one attached hydrogen (secondary N) is 1. The van der Waals surface area contributed by atoms with E-state index in [9.17, 15) is 21.6 Å². The largest absolute Gasteiger partial charge is 0.496 e. The zero-order chi connectivity index (χ0) is 20.4. The summed E-state index contributed by atoms with van der Waals surface area (Å²) in [4.78, 5) is 0.0824. The molecule has 148 valence electrons. The molecule has 0 saturated carbocycles. The molecular weight excluding hydrogens is 379 g/mol. The minimum atomic E-state index is -4.48. The number of sulfonamides is 1. The molecule has 0 radical (unpaired) electrons. The summed E-state index contributed by atoms with van der Waals surface area (Å²) in [6.07, 6.45) is -4.48. The van der Waals surface area contributed by atoms with E-state index < -0.39 is 21.8 Å². The van der Waals surface area contributed by atoms with Gasteiger partial charge in [-0.25, -0.2) is 13.1 Å². The average Bonchev–Trinajstić information content (AvgIpc) is 2.58. The van der Waals surface area contributed by atoms with Crippen LogP contribution < -0.4 is 9.46 Å². The molecule has 0 bridgehead atoms. The Kier molecular flexibility index (Phi) is 6.21. The minimum absolute atomic E-state index is 0.0398. The third-order valence-electron chi connectivity index (χ3n) is 4.16. The maximum Gasteiger partial charge on any atom is 0.416 e. The van der Waals surface area contributed by atoms with Crippen LogP contribution in [-0.4, -0.2) is 15.5 Å². The van der Waals surface area contributed by atoms with E-state index in [0.29, 0.717) is 11.3 Å². The summed E-state index contributed by atoms with van der Waals surface area (Å²) in [6, 6.07) is 7.77. The molecule has 0 aromatic heterocycles. The summed E-state index contributed by atoms with van der Waals surface area (Å²) >= 11 is 0. The van der Waals surface area contributed by atoms with Crippen LogP contribution in [0.3, 0.4) is 0 Å². The minimum Gasteiger partial charge on any atom is -0.496 e. The molecule has 0 heterocycles. The summed E-state index contributed by atoms with van der Waals surface area (Å²) in [5, 5.41) is 0. The lowest BCUT2D eigenvalue weighted by molar-refractivity contribution is -0.137. The number of methoxy groups -OCH3 is 1. The van der Waals surface area contributed by atoms with Crippen LogP contribution >= 0.6 is 0 Å². The lowest BCUT2D eigenvalue weighted by atomic mass is 10.0. The Balaban J connectivity index is 2.31. The summed E-state index contributed by atoms with van der Waals surface area (Å²) in [7, 11) is -2.39. The average molecular weight is 401 g/mol. The van der Waals surface area contributed by atoms with Gasteiger partial charge in [-0.3, -0.25) is 0 Å². The van der Waals surface area contributed by atoms with E-state index >= 15 is 0 Å². The molecule has 2 rings (SSSR count). The number of rotatable bonds is 6. The first-order valence-electron chi connectivity index (χ1n) is 8.30. The number of halogens is 3. The Labute approximate surface area is 157 Å². The van der Waals surface area contributed by atoms with Crippen LogP contribution in [0, 0.1) is 6.92 Å². The van der Waals surface area contributed by atoms with Crippen molar-refractivity contribution in [1.29, 1.82) is 0 Å². The Morgan fingerprint density at radius 3 is 2.37 bits per heavy atom. The van der Waals surface area contributed by atoms with Crippen LogP contribution in [0.5, 0.6) is 5.75 Å². The fraction of sp³-hybridized carbons (Fsp3) is 0.368. The molecule has 4 nitrogen and oxygen atoms in total. The van der Waals surface area contributed by atoms with Gasteiger partial charge in [0.15, 0.2) is 0 Å². The summed E-state index contributed by atoms with van der Waals surface area (Å²) < 4.78 is 71.5. The van der Waals surface area contributed by atoms with Gasteiger partial charge in [0.05, 0.1) is 17.6 Å². The van der Waals surface area contributed by atoms with Crippen LogP contribution in [0.1, 0.15) is 42.0 Å². The van der Waals surface area contributed by atoms with Gasteiger partial charge in [-0.15, -0.1) is 0 Å². The van der Waals surface area contributed by atoms with E-state index in [-0.39, 0.29) is 22.9 Å². The highest BCUT2D eigenvalue weighted by molar-refractivity contribution is 7.89. The molecule has 0 amide bonds. The van der Waals surface area contributed by atoms with Gasteiger partial charge in [0.2, 0.25) is 10.0 Å². The first kappa shape index (κ1) is 21.2. The van der Waals surface area contributed by atoms with Crippen molar-refractivity contribution in [2.75, 3.05) is 7.11 Å². The standard InChI is InChI=1S/C19H22F3NO3S/c1-12(2)16-10-18(13(3)8-17(16)26-4)27(24,25)23-11-14-6-5-7-15(9-14)19(20,21)22/h5-10,12,23H,11H2,1-4H3. The van der Waals surface area contributed by atoms with Gasteiger partial charge in [0.25, 0.3) is 0 Å². The van der Waals surface area contributed by atoms with Gasteiger partial charge in [-0.05, 0) is 47.7 Å². The molecule has 0 unspecified atom stereocenters. The number of hydrogen-bond acceptors (Lipinski definition) is 3. The Morgan fingerprint density at radius 2 is 1.81 bits per heavy atom. The molecular formula is C19H22F3NO3S. The van der Waals surface area contributed by atoms with Crippen molar-refractivity contribution < 1.29 is 26.3 Å². The number of aryl methyl sites for hydroxylation is 1. The second-order valence-corrected chi connectivity index (χ2v) is 8.27. The maximum atomic E-state index is 12.8. The van der Waals surface area contributed by atoms with Crippen molar-refractivity contribution >= 4 is 10.0 Å². The van der Waals surface area contributed by atoms with Crippen LogP contribution in [0.2, 0.25) is 0 Å². The molecule has 1 N–H and O–H groups in total. The number of benzene rings is 2. The van der Waals surface area contributed by atoms with Crippen LogP contribution in [0.25, 0.3) is 0 Å². The smallest absolute Gasteiger partial charge is 0.416 e. The Hall–Kier alpha value is -2.06. The van der Waals surface area contributed by atoms with E-state index in [1.807, 2.05) is 13.8 Å². The maximum absolute atomic E-state index is 12.8. The highest BCUT2D eigenvalue weighted by Gasteiger charge is 2.30. The highest BCUT2D eigenvalue weighted by atomic mass is 32.2. The molecule has 2 aromatic carbocycles. The van der Waals surface area contributed by atoms with Gasteiger partial charge >= 0.3 is 6.18 Å². The predicted molar refractivity (Wildman–Crippen MR) is 97.3 cm³/mol. The number of ether oxygens (including phenoxy) is 1. The molecule has 0 saturated heterocycles. The van der Waals surface area contributed by atoms with Gasteiger partial charge in [0.1, 0.15) is 5.75 Å². The quantitative estimate of drug-likeness (QED) is 0.768. The molecule has 0 aliphatic carbocycles. The number of hydrogen-bond donors (Lipinski definition) is 1. The number of alkyl halides is 3. The highest BCUT2D eigenvalue weighted by Crippen LogP contribution is 2.32. The Bertz CT molecular complexity index is 922. The van der Waals surface area contributed by atoms with Crippen molar-refractivity contribution in [3.8, 4) is 5.75 Å². The van der Waals surface area contributed by atoms with Crippen molar-refractivity contribution in [1.82, 2.24) is 4.72 Å². The third kappa shape index (κ3) is 5.01. The summed E-state index contributed by atoms with van der Waals surface area (Å²) in [5.74, 6) is 0.636. The topological polar surface area (TPSA) is 55.4 Å². The lowest BCUT2D eigenvalue weighted by Gasteiger charge is -2.17. The third-order valence-corrected chi connectivity index (χ3v) is 5.70. The van der Waals surface area contributed by atoms with Gasteiger partial charge in [-0.2, -0.15) is 13.2 Å². The fourth-order valence-corrected chi connectivity index (χ4v) is 3.99. The monoisotopic (exact) mass is 401 g/mol. The van der Waals surface area contributed by atoms with Gasteiger partial charge in [0, 0.05) is 6.54 Å². The van der Waals surface area contributed by atoms with Crippen LogP contribution in [0.4, 0.5) is 13.2 Å². The predicted octanol–water partition coefficient (Wildman–Crippen LogP) is 4.62. The van der Waals surface area contributed by atoms with E-state index in [4.69, 9.17) is 4.74 Å². The van der Waals surface area contributed by atoms with E-state index in [1.165, 1.54) is 19.2 Å². The molecule has 27 heavy (non-hydrogen) atoms. The molecule has 0 aliphatic rings. The van der Waals surface area contributed by atoms with Gasteiger partial charge in [-0.1, -0.05) is 32.0 Å². The van der Waals surface area contributed by atoms with Crippen molar-refractivity contribution in [2.45, 2.75) is 44.3 Å². The zero-order valence-corrected chi connectivity index (χ0v) is 16.3. The van der Waals surface area contributed by atoms with Crippen LogP contribution in [0.15, 0.2) is 41.3 Å². The van der Waals surface area contributed by atoms with Crippen molar-refractivity contribution in [3.05, 3.63) is 58.7 Å².